The lowest BCUT2D eigenvalue weighted by molar-refractivity contribution is -0.119. The summed E-state index contributed by atoms with van der Waals surface area (Å²) in [5.74, 6) is -0.155. The van der Waals surface area contributed by atoms with Crippen LogP contribution < -0.4 is 15.5 Å². The number of carbonyl (C=O) groups is 1. The van der Waals surface area contributed by atoms with Gasteiger partial charge in [0, 0.05) is 32.7 Å². The first-order valence-corrected chi connectivity index (χ1v) is 13.4. The van der Waals surface area contributed by atoms with Crippen LogP contribution in [0.25, 0.3) is 0 Å². The van der Waals surface area contributed by atoms with E-state index >= 15 is 0 Å². The quantitative estimate of drug-likeness (QED) is 0.596. The van der Waals surface area contributed by atoms with Crippen molar-refractivity contribution < 1.29 is 17.9 Å². The highest BCUT2D eigenvalue weighted by Crippen LogP contribution is 2.31. The van der Waals surface area contributed by atoms with E-state index in [-0.39, 0.29) is 17.3 Å². The molecule has 0 bridgehead atoms. The van der Waals surface area contributed by atoms with Crippen molar-refractivity contribution in [1.82, 2.24) is 9.62 Å². The summed E-state index contributed by atoms with van der Waals surface area (Å²) in [7, 11) is -3.57. The Morgan fingerprint density at radius 1 is 0.971 bits per heavy atom. The Hall–Kier alpha value is -2.62. The molecule has 0 radical (unpaired) electrons. The fourth-order valence-corrected chi connectivity index (χ4v) is 5.84. The van der Waals surface area contributed by atoms with E-state index in [1.54, 1.807) is 16.4 Å². The third-order valence-corrected chi connectivity index (χ3v) is 8.22. The zero-order valence-corrected chi connectivity index (χ0v) is 20.6. The van der Waals surface area contributed by atoms with Crippen molar-refractivity contribution in [3.63, 3.8) is 0 Å². The second-order valence-corrected chi connectivity index (χ2v) is 10.8. The first-order valence-electron chi connectivity index (χ1n) is 12.0. The van der Waals surface area contributed by atoms with Crippen molar-refractivity contribution in [3.8, 4) is 0 Å². The summed E-state index contributed by atoms with van der Waals surface area (Å²) < 4.78 is 33.5. The summed E-state index contributed by atoms with van der Waals surface area (Å²) in [5, 5.41) is 6.12. The predicted molar refractivity (Wildman–Crippen MR) is 134 cm³/mol. The number of benzene rings is 2. The van der Waals surface area contributed by atoms with Crippen LogP contribution in [-0.2, 0) is 26.1 Å². The molecule has 2 aliphatic rings. The van der Waals surface area contributed by atoms with Crippen molar-refractivity contribution in [1.29, 1.82) is 0 Å². The molecule has 0 spiro atoms. The lowest BCUT2D eigenvalue weighted by Crippen LogP contribution is -2.37. The Bertz CT molecular complexity index is 1080. The number of hydrogen-bond donors (Lipinski definition) is 2. The molecular weight excluding hydrogens is 452 g/mol. The van der Waals surface area contributed by atoms with Gasteiger partial charge in [-0.25, -0.2) is 8.42 Å². The van der Waals surface area contributed by atoms with E-state index in [9.17, 15) is 13.2 Å². The van der Waals surface area contributed by atoms with Crippen molar-refractivity contribution in [2.75, 3.05) is 56.2 Å². The Morgan fingerprint density at radius 2 is 1.68 bits per heavy atom. The largest absolute Gasteiger partial charge is 0.378 e. The van der Waals surface area contributed by atoms with E-state index in [1.165, 1.54) is 5.56 Å². The molecule has 2 fully saturated rings. The molecule has 4 rings (SSSR count). The summed E-state index contributed by atoms with van der Waals surface area (Å²) in [6.07, 6.45) is 2.83. The van der Waals surface area contributed by atoms with Gasteiger partial charge in [0.1, 0.15) is 0 Å². The molecule has 34 heavy (non-hydrogen) atoms. The molecule has 2 aromatic carbocycles. The molecule has 0 atom stereocenters. The number of morpholine rings is 1. The molecule has 2 heterocycles. The molecule has 0 unspecified atom stereocenters. The molecule has 184 valence electrons. The standard InChI is InChI=1S/C25H34N4O4S/c1-20-5-7-21(8-6-20)18-27-25(30)19-26-23-17-22(34(31,32)29-11-3-2-4-12-29)9-10-24(23)28-13-15-33-16-14-28/h5-10,17,26H,2-4,11-16,18-19H2,1H3,(H,27,30). The highest BCUT2D eigenvalue weighted by molar-refractivity contribution is 7.89. The van der Waals surface area contributed by atoms with Crippen LogP contribution in [0, 0.1) is 6.92 Å². The van der Waals surface area contributed by atoms with E-state index < -0.39 is 10.0 Å². The van der Waals surface area contributed by atoms with Crippen molar-refractivity contribution in [3.05, 3.63) is 53.6 Å². The minimum Gasteiger partial charge on any atom is -0.378 e. The minimum atomic E-state index is -3.57. The summed E-state index contributed by atoms with van der Waals surface area (Å²) in [4.78, 5) is 15.0. The van der Waals surface area contributed by atoms with Gasteiger partial charge in [0.05, 0.1) is 36.0 Å². The maximum atomic E-state index is 13.2. The average molecular weight is 487 g/mol. The van der Waals surface area contributed by atoms with Gasteiger partial charge in [-0.05, 0) is 43.5 Å². The number of rotatable bonds is 8. The van der Waals surface area contributed by atoms with E-state index in [0.717, 1.165) is 30.5 Å². The van der Waals surface area contributed by atoms with Gasteiger partial charge in [-0.3, -0.25) is 4.79 Å². The zero-order chi connectivity index (χ0) is 24.0. The molecule has 2 aromatic rings. The number of sulfonamides is 1. The molecule has 1 amide bonds. The van der Waals surface area contributed by atoms with Crippen LogP contribution in [0.3, 0.4) is 0 Å². The molecule has 8 nitrogen and oxygen atoms in total. The molecule has 9 heteroatoms. The van der Waals surface area contributed by atoms with Crippen LogP contribution >= 0.6 is 0 Å². The molecule has 0 aromatic heterocycles. The van der Waals surface area contributed by atoms with Gasteiger partial charge in [-0.2, -0.15) is 4.31 Å². The van der Waals surface area contributed by atoms with Crippen molar-refractivity contribution >= 4 is 27.3 Å². The third kappa shape index (κ3) is 6.08. The number of anilines is 2. The van der Waals surface area contributed by atoms with E-state index in [2.05, 4.69) is 15.5 Å². The minimum absolute atomic E-state index is 0.0520. The number of nitrogens with zero attached hydrogens (tertiary/aromatic N) is 2. The smallest absolute Gasteiger partial charge is 0.243 e. The van der Waals surface area contributed by atoms with Gasteiger partial charge in [0.2, 0.25) is 15.9 Å². The zero-order valence-electron chi connectivity index (χ0n) is 19.8. The van der Waals surface area contributed by atoms with Gasteiger partial charge in [-0.15, -0.1) is 0 Å². The Morgan fingerprint density at radius 3 is 2.38 bits per heavy atom. The Kier molecular flexibility index (Phi) is 8.07. The Labute approximate surface area is 202 Å². The lowest BCUT2D eigenvalue weighted by Gasteiger charge is -2.31. The molecule has 2 aliphatic heterocycles. The first kappa shape index (κ1) is 24.5. The average Bonchev–Trinajstić information content (AvgIpc) is 2.88. The van der Waals surface area contributed by atoms with E-state index in [0.29, 0.717) is 51.6 Å². The molecule has 2 N–H and O–H groups in total. The van der Waals surface area contributed by atoms with Crippen molar-refractivity contribution in [2.24, 2.45) is 0 Å². The summed E-state index contributed by atoms with van der Waals surface area (Å²) in [6.45, 7) is 6.29. The molecule has 0 aliphatic carbocycles. The van der Waals surface area contributed by atoms with Gasteiger partial charge >= 0.3 is 0 Å². The summed E-state index contributed by atoms with van der Waals surface area (Å²) in [6, 6.07) is 13.2. The number of aryl methyl sites for hydroxylation is 1. The third-order valence-electron chi connectivity index (χ3n) is 6.32. The number of nitrogens with one attached hydrogen (secondary N) is 2. The maximum absolute atomic E-state index is 13.2. The second kappa shape index (κ2) is 11.2. The molecule has 2 saturated heterocycles. The van der Waals surface area contributed by atoms with Crippen molar-refractivity contribution in [2.45, 2.75) is 37.6 Å². The number of piperidine rings is 1. The lowest BCUT2D eigenvalue weighted by atomic mass is 10.1. The molecule has 0 saturated carbocycles. The fourth-order valence-electron chi connectivity index (χ4n) is 4.30. The number of carbonyl (C=O) groups excluding carboxylic acids is 1. The number of amides is 1. The van der Waals surface area contributed by atoms with Crippen LogP contribution in [0.4, 0.5) is 11.4 Å². The number of ether oxygens (including phenoxy) is 1. The van der Waals surface area contributed by atoms with Crippen LogP contribution in [0.2, 0.25) is 0 Å². The topological polar surface area (TPSA) is 91.0 Å². The predicted octanol–water partition coefficient (Wildman–Crippen LogP) is 2.73. The Balaban J connectivity index is 1.48. The van der Waals surface area contributed by atoms with Gasteiger partial charge in [-0.1, -0.05) is 36.2 Å². The van der Waals surface area contributed by atoms with Crippen LogP contribution in [0.15, 0.2) is 47.4 Å². The summed E-state index contributed by atoms with van der Waals surface area (Å²) in [5.41, 5.74) is 3.73. The van der Waals surface area contributed by atoms with Crippen LogP contribution in [0.5, 0.6) is 0 Å². The van der Waals surface area contributed by atoms with Gasteiger partial charge < -0.3 is 20.3 Å². The van der Waals surface area contributed by atoms with Gasteiger partial charge in [0.15, 0.2) is 0 Å². The monoisotopic (exact) mass is 486 g/mol. The van der Waals surface area contributed by atoms with Crippen LogP contribution in [0.1, 0.15) is 30.4 Å². The highest BCUT2D eigenvalue weighted by atomic mass is 32.2. The summed E-state index contributed by atoms with van der Waals surface area (Å²) >= 11 is 0. The van der Waals surface area contributed by atoms with E-state index in [4.69, 9.17) is 4.74 Å². The van der Waals surface area contributed by atoms with Crippen LogP contribution in [-0.4, -0.2) is 64.6 Å². The second-order valence-electron chi connectivity index (χ2n) is 8.86. The van der Waals surface area contributed by atoms with Gasteiger partial charge in [0.25, 0.3) is 0 Å². The fraction of sp³-hybridized carbons (Fsp3) is 0.480. The first-order chi connectivity index (χ1) is 16.4. The molecular formula is C25H34N4O4S. The maximum Gasteiger partial charge on any atom is 0.243 e. The highest BCUT2D eigenvalue weighted by Gasteiger charge is 2.27. The van der Waals surface area contributed by atoms with E-state index in [1.807, 2.05) is 37.3 Å². The number of hydrogen-bond acceptors (Lipinski definition) is 6. The normalized spacial score (nSPS) is 17.4. The SMILES string of the molecule is Cc1ccc(CNC(=O)CNc2cc(S(=O)(=O)N3CCCCC3)ccc2N2CCOCC2)cc1.